The van der Waals surface area contributed by atoms with Gasteiger partial charge in [-0.1, -0.05) is 45.2 Å². The Labute approximate surface area is 183 Å². The van der Waals surface area contributed by atoms with Crippen LogP contribution < -0.4 is 15.0 Å². The van der Waals surface area contributed by atoms with Crippen LogP contribution in [-0.4, -0.2) is 24.7 Å². The van der Waals surface area contributed by atoms with Gasteiger partial charge in [-0.2, -0.15) is 13.2 Å². The molecular formula is C19H14BrCl2F3N2O2. The van der Waals surface area contributed by atoms with E-state index in [-0.39, 0.29) is 5.02 Å². The summed E-state index contributed by atoms with van der Waals surface area (Å²) in [4.78, 5) is 13.6. The number of nitrogens with zero attached hydrogens (tertiary/aromatic N) is 1. The van der Waals surface area contributed by atoms with Crippen LogP contribution in [0.1, 0.15) is 24.4 Å². The highest BCUT2D eigenvalue weighted by Gasteiger charge is 2.45. The Bertz CT molecular complexity index is 987. The number of rotatable bonds is 1. The molecule has 2 aromatic carbocycles. The Morgan fingerprint density at radius 2 is 1.97 bits per heavy atom. The molecule has 10 heteroatoms. The summed E-state index contributed by atoms with van der Waals surface area (Å²) in [5, 5.41) is 2.72. The normalized spacial score (nSPS) is 20.7. The minimum absolute atomic E-state index is 0.254. The third-order valence-electron chi connectivity index (χ3n) is 5.04. The fourth-order valence-electron chi connectivity index (χ4n) is 3.86. The summed E-state index contributed by atoms with van der Waals surface area (Å²) < 4.78 is 45.6. The molecule has 2 heterocycles. The summed E-state index contributed by atoms with van der Waals surface area (Å²) in [5.74, 6) is -1.05. The highest BCUT2D eigenvalue weighted by molar-refractivity contribution is 9.10. The van der Waals surface area contributed by atoms with Crippen molar-refractivity contribution >= 4 is 50.7 Å². The highest BCUT2D eigenvalue weighted by atomic mass is 79.9. The first-order valence-corrected chi connectivity index (χ1v) is 10.3. The van der Waals surface area contributed by atoms with Crippen molar-refractivity contribution < 1.29 is 22.7 Å². The number of nitrogens with one attached hydrogen (secondary N) is 1. The third kappa shape index (κ3) is 3.78. The second kappa shape index (κ2) is 7.56. The molecule has 154 valence electrons. The smallest absolute Gasteiger partial charge is 0.455 e. The Kier molecular flexibility index (Phi) is 5.38. The van der Waals surface area contributed by atoms with Gasteiger partial charge in [-0.3, -0.25) is 4.79 Å². The van der Waals surface area contributed by atoms with Crippen molar-refractivity contribution in [3.05, 3.63) is 50.4 Å². The molecule has 0 spiro atoms. The van der Waals surface area contributed by atoms with E-state index < -0.39 is 24.2 Å². The van der Waals surface area contributed by atoms with Gasteiger partial charge in [0.15, 0.2) is 5.75 Å². The number of ether oxygens (including phenoxy) is 1. The van der Waals surface area contributed by atoms with E-state index in [0.717, 1.165) is 4.47 Å². The molecule has 0 aliphatic carbocycles. The minimum Gasteiger partial charge on any atom is -0.455 e. The second-order valence-corrected chi connectivity index (χ2v) is 8.55. The van der Waals surface area contributed by atoms with Gasteiger partial charge in [-0.15, -0.1) is 0 Å². The average Bonchev–Trinajstić information content (AvgIpc) is 2.78. The molecular weight excluding hydrogens is 496 g/mol. The summed E-state index contributed by atoms with van der Waals surface area (Å²) in [7, 11) is 0. The van der Waals surface area contributed by atoms with Gasteiger partial charge in [0.2, 0.25) is 0 Å². The van der Waals surface area contributed by atoms with Crippen molar-refractivity contribution in [2.24, 2.45) is 0 Å². The Morgan fingerprint density at radius 3 is 2.69 bits per heavy atom. The number of hydrogen-bond acceptors (Lipinski definition) is 3. The first-order valence-electron chi connectivity index (χ1n) is 8.76. The van der Waals surface area contributed by atoms with E-state index in [1.807, 2.05) is 4.90 Å². The van der Waals surface area contributed by atoms with E-state index >= 15 is 0 Å². The summed E-state index contributed by atoms with van der Waals surface area (Å²) in [5.41, 5.74) is 1.16. The van der Waals surface area contributed by atoms with Gasteiger partial charge in [0.05, 0.1) is 22.1 Å². The molecule has 0 radical (unpaired) electrons. The van der Waals surface area contributed by atoms with Crippen LogP contribution in [0.2, 0.25) is 10.0 Å². The maximum absolute atomic E-state index is 12.9. The number of carbonyl (C=O) groups is 1. The number of carbonyl (C=O) groups excluding carboxylic acids is 1. The zero-order valence-electron chi connectivity index (χ0n) is 14.7. The Balaban J connectivity index is 1.87. The van der Waals surface area contributed by atoms with E-state index in [9.17, 15) is 18.0 Å². The molecule has 0 unspecified atom stereocenters. The maximum atomic E-state index is 12.9. The van der Waals surface area contributed by atoms with Crippen LogP contribution >= 0.6 is 39.1 Å². The standard InChI is InChI=1S/C19H14BrCl2F3N2O2/c20-9-3-4-10-14(8-9)29-13-6-5-11(21)15(22)17(13)27-7-1-2-12(16(10)27)26-18(28)19(23,24)25/h3-6,8,12,16H,1-2,7H2,(H,26,28)/t12-,16-/m1/s1. The van der Waals surface area contributed by atoms with Gasteiger partial charge in [0.1, 0.15) is 11.4 Å². The molecule has 2 aliphatic rings. The molecule has 2 aliphatic heterocycles. The van der Waals surface area contributed by atoms with Crippen molar-refractivity contribution in [3.8, 4) is 11.5 Å². The van der Waals surface area contributed by atoms with Crippen molar-refractivity contribution in [2.75, 3.05) is 11.4 Å². The van der Waals surface area contributed by atoms with E-state index in [0.29, 0.717) is 47.2 Å². The van der Waals surface area contributed by atoms with Crippen LogP contribution in [0.4, 0.5) is 18.9 Å². The summed E-state index contributed by atoms with van der Waals surface area (Å²) in [6.45, 7) is 0.523. The number of fused-ring (bicyclic) bond motifs is 5. The quantitative estimate of drug-likeness (QED) is 0.494. The fraction of sp³-hybridized carbons (Fsp3) is 0.316. The minimum atomic E-state index is -4.97. The fourth-order valence-corrected chi connectivity index (χ4v) is 4.62. The van der Waals surface area contributed by atoms with Crippen LogP contribution in [0.3, 0.4) is 0 Å². The highest BCUT2D eigenvalue weighted by Crippen LogP contribution is 2.52. The lowest BCUT2D eigenvalue weighted by Gasteiger charge is -2.42. The third-order valence-corrected chi connectivity index (χ3v) is 6.33. The molecule has 0 bridgehead atoms. The predicted octanol–water partition coefficient (Wildman–Crippen LogP) is 6.25. The molecule has 29 heavy (non-hydrogen) atoms. The van der Waals surface area contributed by atoms with Crippen molar-refractivity contribution in [1.29, 1.82) is 0 Å². The van der Waals surface area contributed by atoms with Crippen molar-refractivity contribution in [2.45, 2.75) is 31.1 Å². The summed E-state index contributed by atoms with van der Waals surface area (Å²) in [6.07, 6.45) is -4.02. The van der Waals surface area contributed by atoms with Gasteiger partial charge in [-0.25, -0.2) is 0 Å². The second-order valence-electron chi connectivity index (χ2n) is 6.85. The Hall–Kier alpha value is -1.64. The number of hydrogen-bond donors (Lipinski definition) is 1. The molecule has 4 rings (SSSR count). The zero-order chi connectivity index (χ0) is 20.9. The largest absolute Gasteiger partial charge is 0.471 e. The molecule has 1 fully saturated rings. The van der Waals surface area contributed by atoms with E-state index in [1.165, 1.54) is 0 Å². The summed E-state index contributed by atoms with van der Waals surface area (Å²) >= 11 is 16.1. The number of anilines is 1. The number of benzene rings is 2. The van der Waals surface area contributed by atoms with Crippen LogP contribution in [0, 0.1) is 0 Å². The van der Waals surface area contributed by atoms with Crippen molar-refractivity contribution in [1.82, 2.24) is 5.32 Å². The lowest BCUT2D eigenvalue weighted by Crippen LogP contribution is -2.52. The Morgan fingerprint density at radius 1 is 1.21 bits per heavy atom. The topological polar surface area (TPSA) is 41.6 Å². The molecule has 1 N–H and O–H groups in total. The SMILES string of the molecule is O=C(N[C@@H]1CCCN2c3c(ccc(Cl)c3Cl)Oc3cc(Br)ccc3[C@H]12)C(F)(F)F. The van der Waals surface area contributed by atoms with Crippen LogP contribution in [0.15, 0.2) is 34.8 Å². The number of amides is 1. The molecule has 0 saturated carbocycles. The van der Waals surface area contributed by atoms with E-state index in [2.05, 4.69) is 21.2 Å². The summed E-state index contributed by atoms with van der Waals surface area (Å²) in [6, 6.07) is 7.18. The molecule has 1 saturated heterocycles. The molecule has 0 aromatic heterocycles. The van der Waals surface area contributed by atoms with Gasteiger partial charge in [0.25, 0.3) is 0 Å². The first kappa shape index (κ1) is 20.6. The van der Waals surface area contributed by atoms with Crippen LogP contribution in [0.5, 0.6) is 11.5 Å². The average molecular weight is 510 g/mol. The van der Waals surface area contributed by atoms with Gasteiger partial charge < -0.3 is 15.0 Å². The molecule has 1 amide bonds. The monoisotopic (exact) mass is 508 g/mol. The van der Waals surface area contributed by atoms with Gasteiger partial charge >= 0.3 is 12.1 Å². The van der Waals surface area contributed by atoms with Crippen LogP contribution in [0.25, 0.3) is 0 Å². The molecule has 4 nitrogen and oxygen atoms in total. The van der Waals surface area contributed by atoms with E-state index in [4.69, 9.17) is 27.9 Å². The van der Waals surface area contributed by atoms with E-state index in [1.54, 1.807) is 30.3 Å². The van der Waals surface area contributed by atoms with Gasteiger partial charge in [-0.05, 0) is 37.1 Å². The number of alkyl halides is 3. The zero-order valence-corrected chi connectivity index (χ0v) is 17.8. The maximum Gasteiger partial charge on any atom is 0.471 e. The lowest BCUT2D eigenvalue weighted by atomic mass is 9.89. The van der Waals surface area contributed by atoms with Crippen molar-refractivity contribution in [3.63, 3.8) is 0 Å². The lowest BCUT2D eigenvalue weighted by molar-refractivity contribution is -0.174. The number of piperidine rings is 1. The molecule has 2 aromatic rings. The van der Waals surface area contributed by atoms with Crippen LogP contribution in [-0.2, 0) is 4.79 Å². The first-order chi connectivity index (χ1) is 13.7. The van der Waals surface area contributed by atoms with Gasteiger partial charge in [0, 0.05) is 16.6 Å². The molecule has 2 atom stereocenters. The number of halogens is 6. The predicted molar refractivity (Wildman–Crippen MR) is 108 cm³/mol.